The molecular weight excluding hydrogens is 306 g/mol. The van der Waals surface area contributed by atoms with Crippen LogP contribution in [0.5, 0.6) is 0 Å². The van der Waals surface area contributed by atoms with Crippen LogP contribution in [0.25, 0.3) is 0 Å². The van der Waals surface area contributed by atoms with Gasteiger partial charge in [0.05, 0.1) is 0 Å². The van der Waals surface area contributed by atoms with Gasteiger partial charge in [0.1, 0.15) is 13.0 Å². The third-order valence-electron chi connectivity index (χ3n) is 4.16. The summed E-state index contributed by atoms with van der Waals surface area (Å²) in [5.74, 6) is -0.304. The first-order valence-corrected chi connectivity index (χ1v) is 9.36. The Morgan fingerprint density at radius 2 is 1.30 bits per heavy atom. The van der Waals surface area contributed by atoms with Crippen LogP contribution in [-0.4, -0.2) is 0 Å². The van der Waals surface area contributed by atoms with Gasteiger partial charge in [0.25, 0.3) is 0 Å². The highest BCUT2D eigenvalue weighted by molar-refractivity contribution is 7.79. The molecule has 0 heterocycles. The fourth-order valence-corrected chi connectivity index (χ4v) is 5.87. The molecule has 0 fully saturated rings. The summed E-state index contributed by atoms with van der Waals surface area (Å²) < 4.78 is 27.7. The fraction of sp³-hybridized carbons (Fsp3) is 0.100. The monoisotopic (exact) mass is 324 g/mol. The van der Waals surface area contributed by atoms with Crippen molar-refractivity contribution in [2.75, 3.05) is 0 Å². The van der Waals surface area contributed by atoms with E-state index in [0.717, 1.165) is 16.2 Å². The van der Waals surface area contributed by atoms with E-state index in [2.05, 4.69) is 0 Å². The Hall–Kier alpha value is -2.18. The van der Waals surface area contributed by atoms with E-state index in [0.29, 0.717) is 0 Å². The molecule has 1 atom stereocenters. The zero-order valence-corrected chi connectivity index (χ0v) is 13.8. The summed E-state index contributed by atoms with van der Waals surface area (Å²) in [5.41, 5.74) is 0.448. The molecule has 0 radical (unpaired) electrons. The summed E-state index contributed by atoms with van der Waals surface area (Å²) in [6.07, 6.45) is 0. The first-order chi connectivity index (χ1) is 11.1. The number of hydrogen-bond acceptors (Lipinski definition) is 1. The van der Waals surface area contributed by atoms with Crippen LogP contribution in [0.4, 0.5) is 4.39 Å². The van der Waals surface area contributed by atoms with Crippen molar-refractivity contribution >= 4 is 17.8 Å². The van der Waals surface area contributed by atoms with Crippen molar-refractivity contribution in [3.8, 4) is 0 Å². The van der Waals surface area contributed by atoms with E-state index in [1.54, 1.807) is 6.07 Å². The van der Waals surface area contributed by atoms with Crippen molar-refractivity contribution in [3.63, 3.8) is 0 Å². The van der Waals surface area contributed by atoms with Gasteiger partial charge in [-0.15, -0.1) is 0 Å². The summed E-state index contributed by atoms with van der Waals surface area (Å²) in [6, 6.07) is 25.3. The molecule has 0 amide bonds. The molecule has 0 saturated heterocycles. The van der Waals surface area contributed by atoms with Gasteiger partial charge in [-0.25, -0.2) is 4.39 Å². The number of hydrogen-bond donors (Lipinski definition) is 0. The molecule has 0 spiro atoms. The quantitative estimate of drug-likeness (QED) is 0.624. The van der Waals surface area contributed by atoms with Crippen LogP contribution in [0.2, 0.25) is 0 Å². The molecule has 0 bridgehead atoms. The molecule has 3 aromatic rings. The zero-order chi connectivity index (χ0) is 16.3. The molecular formula is C20H18FOP. The van der Waals surface area contributed by atoms with E-state index in [1.807, 2.05) is 73.7 Å². The van der Waals surface area contributed by atoms with Gasteiger partial charge in [0, 0.05) is 16.3 Å². The fourth-order valence-electron chi connectivity index (χ4n) is 2.87. The summed E-state index contributed by atoms with van der Waals surface area (Å²) in [6.45, 7) is 1.91. The maximum Gasteiger partial charge on any atom is 0.150 e. The lowest BCUT2D eigenvalue weighted by molar-refractivity contribution is 0.580. The smallest absolute Gasteiger partial charge is 0.150 e. The van der Waals surface area contributed by atoms with Crippen molar-refractivity contribution in [2.45, 2.75) is 12.6 Å². The molecule has 0 aliphatic heterocycles. The molecule has 0 N–H and O–H groups in total. The first kappa shape index (κ1) is 15.7. The normalized spacial score (nSPS) is 12.8. The van der Waals surface area contributed by atoms with Gasteiger partial charge < -0.3 is 4.57 Å². The molecule has 3 rings (SSSR count). The SMILES string of the molecule is CC(c1cccc(F)c1)P(=O)(c1ccccc1)c1ccccc1. The van der Waals surface area contributed by atoms with Crippen LogP contribution in [0.15, 0.2) is 84.9 Å². The van der Waals surface area contributed by atoms with Crippen molar-refractivity contribution in [1.82, 2.24) is 0 Å². The summed E-state index contributed by atoms with van der Waals surface area (Å²) in [4.78, 5) is 0. The number of benzene rings is 3. The molecule has 1 nitrogen and oxygen atoms in total. The first-order valence-electron chi connectivity index (χ1n) is 7.59. The second kappa shape index (κ2) is 6.52. The lowest BCUT2D eigenvalue weighted by Gasteiger charge is -2.26. The Morgan fingerprint density at radius 3 is 1.78 bits per heavy atom. The highest BCUT2D eigenvalue weighted by atomic mass is 31.2. The van der Waals surface area contributed by atoms with E-state index in [1.165, 1.54) is 12.1 Å². The standard InChI is InChI=1S/C20H18FOP/c1-16(17-9-8-10-18(21)15-17)23(22,19-11-4-2-5-12-19)20-13-6-3-7-14-20/h2-16H,1H3. The minimum atomic E-state index is -2.92. The second-order valence-electron chi connectivity index (χ2n) is 5.56. The molecule has 3 heteroatoms. The lowest BCUT2D eigenvalue weighted by Crippen LogP contribution is -2.20. The van der Waals surface area contributed by atoms with E-state index in [9.17, 15) is 8.96 Å². The van der Waals surface area contributed by atoms with Crippen molar-refractivity contribution in [3.05, 3.63) is 96.3 Å². The van der Waals surface area contributed by atoms with Gasteiger partial charge in [0.15, 0.2) is 0 Å². The predicted octanol–water partition coefficient (Wildman–Crippen LogP) is 4.90. The maximum absolute atomic E-state index is 14.1. The molecule has 0 aromatic heterocycles. The molecule has 3 aromatic carbocycles. The Kier molecular flexibility index (Phi) is 4.45. The van der Waals surface area contributed by atoms with Crippen LogP contribution < -0.4 is 10.6 Å². The van der Waals surface area contributed by atoms with Crippen LogP contribution in [0.3, 0.4) is 0 Å². The molecule has 116 valence electrons. The van der Waals surface area contributed by atoms with Crippen LogP contribution >= 0.6 is 7.14 Å². The minimum Gasteiger partial charge on any atom is -0.313 e. The Morgan fingerprint density at radius 1 is 0.783 bits per heavy atom. The number of rotatable bonds is 4. The predicted molar refractivity (Wildman–Crippen MR) is 94.6 cm³/mol. The highest BCUT2D eigenvalue weighted by Gasteiger charge is 2.34. The molecule has 23 heavy (non-hydrogen) atoms. The van der Waals surface area contributed by atoms with Gasteiger partial charge in [-0.2, -0.15) is 0 Å². The maximum atomic E-state index is 14.1. The van der Waals surface area contributed by atoms with Gasteiger partial charge >= 0.3 is 0 Å². The van der Waals surface area contributed by atoms with Crippen molar-refractivity contribution in [2.24, 2.45) is 0 Å². The van der Waals surface area contributed by atoms with Gasteiger partial charge in [-0.05, 0) is 17.7 Å². The average molecular weight is 324 g/mol. The van der Waals surface area contributed by atoms with E-state index < -0.39 is 7.14 Å². The topological polar surface area (TPSA) is 17.1 Å². The van der Waals surface area contributed by atoms with E-state index in [4.69, 9.17) is 0 Å². The molecule has 0 aliphatic carbocycles. The van der Waals surface area contributed by atoms with Crippen LogP contribution in [0.1, 0.15) is 18.1 Å². The average Bonchev–Trinajstić information content (AvgIpc) is 2.62. The number of halogens is 1. The molecule has 0 saturated carbocycles. The van der Waals surface area contributed by atoms with Crippen molar-refractivity contribution in [1.29, 1.82) is 0 Å². The highest BCUT2D eigenvalue weighted by Crippen LogP contribution is 2.56. The minimum absolute atomic E-state index is 0.303. The van der Waals surface area contributed by atoms with Gasteiger partial charge in [-0.1, -0.05) is 79.7 Å². The van der Waals surface area contributed by atoms with E-state index >= 15 is 0 Å². The zero-order valence-electron chi connectivity index (χ0n) is 12.9. The molecule has 1 unspecified atom stereocenters. The van der Waals surface area contributed by atoms with Gasteiger partial charge in [0.2, 0.25) is 0 Å². The summed E-state index contributed by atoms with van der Waals surface area (Å²) >= 11 is 0. The van der Waals surface area contributed by atoms with Gasteiger partial charge in [-0.3, -0.25) is 0 Å². The largest absolute Gasteiger partial charge is 0.313 e. The van der Waals surface area contributed by atoms with Crippen LogP contribution in [0, 0.1) is 5.82 Å². The van der Waals surface area contributed by atoms with Crippen LogP contribution in [-0.2, 0) is 4.57 Å². The summed E-state index contributed by atoms with van der Waals surface area (Å²) in [5, 5.41) is 1.59. The molecule has 0 aliphatic rings. The lowest BCUT2D eigenvalue weighted by atomic mass is 10.2. The van der Waals surface area contributed by atoms with Crippen molar-refractivity contribution < 1.29 is 8.96 Å². The third kappa shape index (κ3) is 3.00. The summed E-state index contributed by atoms with van der Waals surface area (Å²) in [7, 11) is -2.92. The second-order valence-corrected chi connectivity index (χ2v) is 8.68. The van der Waals surface area contributed by atoms with E-state index in [-0.39, 0.29) is 11.5 Å². The Bertz CT molecular complexity index is 787. The Labute approximate surface area is 136 Å². The third-order valence-corrected chi connectivity index (χ3v) is 7.68. The Balaban J connectivity index is 2.19.